The van der Waals surface area contributed by atoms with Crippen LogP contribution in [0.5, 0.6) is 0 Å². The Hall–Kier alpha value is -5.22. The molecule has 6 heterocycles. The summed E-state index contributed by atoms with van der Waals surface area (Å²) in [5.41, 5.74) is 7.50. The van der Waals surface area contributed by atoms with Crippen LogP contribution in [-0.4, -0.2) is 84.8 Å². The Morgan fingerprint density at radius 1 is 0.526 bits per heavy atom. The van der Waals surface area contributed by atoms with Crippen LogP contribution < -0.4 is 25.2 Å². The topological polar surface area (TPSA) is 116 Å². The van der Waals surface area contributed by atoms with Gasteiger partial charge in [0.25, 0.3) is 0 Å². The summed E-state index contributed by atoms with van der Waals surface area (Å²) in [4.78, 5) is 26.5. The number of pyridine rings is 2. The molecule has 76 heavy (non-hydrogen) atoms. The maximum Gasteiger partial charge on any atom is 0.497 e. The SMILES string of the molecule is C.C.C.CC1(C)OBOC1(C)C.CN(C)c1ccc(-c2cnc3c(c2)c(B2OC(C)(C)C(C)(C)O2)cn3OOSc2ccccc2)cc1.CN(C)c1ccc(-c2cnc3c(c2)c(I)cn3OOSc2ccccc2)cc1. The molecule has 4 aromatic carbocycles. The van der Waals surface area contributed by atoms with Crippen molar-refractivity contribution in [1.82, 2.24) is 19.4 Å². The van der Waals surface area contributed by atoms with E-state index in [1.165, 1.54) is 10.4 Å². The Labute approximate surface area is 473 Å². The zero-order chi connectivity index (χ0) is 52.1. The molecular weight excluding hydrogens is 1110 g/mol. The second kappa shape index (κ2) is 26.0. The van der Waals surface area contributed by atoms with Gasteiger partial charge in [-0.2, -0.15) is 0 Å². The average Bonchev–Trinajstić information content (AvgIpc) is 4.04. The summed E-state index contributed by atoms with van der Waals surface area (Å²) in [5, 5.41) is 1.89. The van der Waals surface area contributed by atoms with Crippen molar-refractivity contribution >= 4 is 100 Å². The van der Waals surface area contributed by atoms with Crippen LogP contribution in [0.4, 0.5) is 11.4 Å². The van der Waals surface area contributed by atoms with E-state index < -0.39 is 18.3 Å². The molecule has 404 valence electrons. The van der Waals surface area contributed by atoms with Gasteiger partial charge in [-0.1, -0.05) is 91.6 Å². The molecule has 10 rings (SSSR count). The molecule has 0 bridgehead atoms. The highest BCUT2D eigenvalue weighted by atomic mass is 127. The molecule has 2 aliphatic heterocycles. The number of nitrogens with zero attached hydrogens (tertiary/aromatic N) is 6. The first kappa shape index (κ1) is 61.6. The van der Waals surface area contributed by atoms with Crippen LogP contribution in [0.2, 0.25) is 0 Å². The molecule has 0 amide bonds. The quantitative estimate of drug-likeness (QED) is 0.0358. The minimum absolute atomic E-state index is 0. The van der Waals surface area contributed by atoms with E-state index in [2.05, 4.69) is 98.0 Å². The molecule has 4 aromatic heterocycles. The van der Waals surface area contributed by atoms with Gasteiger partial charge in [0.15, 0.2) is 11.3 Å². The molecule has 0 unspecified atom stereocenters. The molecule has 0 N–H and O–H groups in total. The normalized spacial score (nSPS) is 15.4. The molecule has 0 aliphatic carbocycles. The zero-order valence-corrected chi connectivity index (χ0v) is 47.1. The van der Waals surface area contributed by atoms with Crippen molar-refractivity contribution in [1.29, 1.82) is 0 Å². The summed E-state index contributed by atoms with van der Waals surface area (Å²) in [7, 11) is 7.98. The van der Waals surface area contributed by atoms with Crippen LogP contribution in [0.25, 0.3) is 44.3 Å². The minimum Gasteiger partial charge on any atom is -0.406 e. The van der Waals surface area contributed by atoms with Crippen molar-refractivity contribution in [2.45, 2.75) is 110 Å². The average molecular weight is 1180 g/mol. The van der Waals surface area contributed by atoms with E-state index in [1.807, 2.05) is 169 Å². The molecule has 0 saturated carbocycles. The highest BCUT2D eigenvalue weighted by Crippen LogP contribution is 2.38. The van der Waals surface area contributed by atoms with Crippen molar-refractivity contribution in [3.63, 3.8) is 0 Å². The molecule has 14 nitrogen and oxygen atoms in total. The van der Waals surface area contributed by atoms with Crippen molar-refractivity contribution in [2.24, 2.45) is 0 Å². The van der Waals surface area contributed by atoms with Crippen molar-refractivity contribution in [2.75, 3.05) is 38.0 Å². The fourth-order valence-electron chi connectivity index (χ4n) is 7.43. The van der Waals surface area contributed by atoms with Gasteiger partial charge in [0.1, 0.15) is 0 Å². The fourth-order valence-corrected chi connectivity index (χ4v) is 8.97. The van der Waals surface area contributed by atoms with Crippen LogP contribution in [-0.2, 0) is 27.3 Å². The largest absolute Gasteiger partial charge is 0.497 e. The third-order valence-electron chi connectivity index (χ3n) is 13.4. The van der Waals surface area contributed by atoms with E-state index in [0.717, 1.165) is 81.6 Å². The predicted molar refractivity (Wildman–Crippen MR) is 325 cm³/mol. The Balaban J connectivity index is 0.000000237. The van der Waals surface area contributed by atoms with Crippen molar-refractivity contribution in [3.05, 3.63) is 150 Å². The van der Waals surface area contributed by atoms with Crippen LogP contribution in [0.15, 0.2) is 156 Å². The number of fused-ring (bicyclic) bond motifs is 2. The summed E-state index contributed by atoms with van der Waals surface area (Å²) < 4.78 is 38.3. The van der Waals surface area contributed by atoms with Gasteiger partial charge in [0.05, 0.1) is 58.9 Å². The number of hydrogen-bond donors (Lipinski definition) is 0. The Morgan fingerprint density at radius 2 is 0.921 bits per heavy atom. The zero-order valence-electron chi connectivity index (χ0n) is 43.3. The van der Waals surface area contributed by atoms with Gasteiger partial charge in [0.2, 0.25) is 0 Å². The summed E-state index contributed by atoms with van der Waals surface area (Å²) >= 11 is 4.57. The summed E-state index contributed by atoms with van der Waals surface area (Å²) in [6, 6.07) is 40.6. The molecule has 2 aliphatic rings. The maximum absolute atomic E-state index is 6.36. The number of halogens is 1. The monoisotopic (exact) mass is 1180 g/mol. The summed E-state index contributed by atoms with van der Waals surface area (Å²) in [6.45, 7) is 16.3. The lowest BCUT2D eigenvalue weighted by Gasteiger charge is -2.32. The smallest absolute Gasteiger partial charge is 0.406 e. The second-order valence-electron chi connectivity index (χ2n) is 19.9. The molecule has 2 fully saturated rings. The Morgan fingerprint density at radius 3 is 1.32 bits per heavy atom. The number of hydrogen-bond acceptors (Lipinski definition) is 14. The van der Waals surface area contributed by atoms with Crippen LogP contribution >= 0.6 is 46.7 Å². The van der Waals surface area contributed by atoms with E-state index in [-0.39, 0.29) is 33.5 Å². The lowest BCUT2D eigenvalue weighted by atomic mass is 9.79. The lowest BCUT2D eigenvalue weighted by Crippen LogP contribution is -2.41. The van der Waals surface area contributed by atoms with Gasteiger partial charge in [-0.3, -0.25) is 0 Å². The second-order valence-corrected chi connectivity index (χ2v) is 22.6. The molecule has 0 radical (unpaired) electrons. The van der Waals surface area contributed by atoms with Gasteiger partial charge < -0.3 is 28.4 Å². The molecule has 2 saturated heterocycles. The predicted octanol–water partition coefficient (Wildman–Crippen LogP) is 13.3. The number of rotatable bonds is 13. The number of aromatic nitrogens is 4. The van der Waals surface area contributed by atoms with Gasteiger partial charge in [0, 0.05) is 92.7 Å². The van der Waals surface area contributed by atoms with E-state index in [9.17, 15) is 0 Å². The van der Waals surface area contributed by atoms with Gasteiger partial charge in [-0.25, -0.2) is 19.9 Å². The summed E-state index contributed by atoms with van der Waals surface area (Å²) in [5.74, 6) is 0. The maximum atomic E-state index is 6.36. The van der Waals surface area contributed by atoms with Gasteiger partial charge in [-0.15, -0.1) is 9.46 Å². The standard InChI is InChI=1S/C27H30BN3O4S.C21H18IN3O2S.C6H13BO2.3CH4/c1-26(2)27(3,4)33-28(32-26)24-18-31(34-35-36-22-10-8-7-9-11-22)25-23(24)16-20(17-29-25)19-12-14-21(15-13-19)30(5)6;1-24(2)17-10-8-15(9-11-17)16-12-19-20(22)14-25(21(19)23-13-16)26-27-28-18-6-4-3-5-7-18;1-5(2)6(3,4)9-7-8-5;;;/h7-18H,1-6H3;3-14H,1-2H3;7H,1-4H3;3*1H4. The fraction of sp³-hybridized carbons (Fsp3) is 0.333. The molecule has 8 aromatic rings. The van der Waals surface area contributed by atoms with E-state index in [0.29, 0.717) is 19.0 Å². The number of benzene rings is 4. The Bertz CT molecular complexity index is 3080. The first-order valence-corrected chi connectivity index (χ1v) is 26.3. The van der Waals surface area contributed by atoms with Crippen molar-refractivity contribution < 1.29 is 37.3 Å². The molecule has 19 heteroatoms. The van der Waals surface area contributed by atoms with E-state index in [1.54, 1.807) is 4.73 Å². The van der Waals surface area contributed by atoms with Crippen LogP contribution in [0.3, 0.4) is 0 Å². The highest BCUT2D eigenvalue weighted by molar-refractivity contribution is 14.1. The Kier molecular flexibility index (Phi) is 21.0. The summed E-state index contributed by atoms with van der Waals surface area (Å²) in [6.07, 6.45) is 7.38. The first-order valence-electron chi connectivity index (χ1n) is 23.7. The lowest BCUT2D eigenvalue weighted by molar-refractivity contribution is -0.188. The van der Waals surface area contributed by atoms with Gasteiger partial charge in [-0.05, 0) is 150 Å². The van der Waals surface area contributed by atoms with Crippen LogP contribution in [0.1, 0.15) is 77.7 Å². The molecule has 0 spiro atoms. The highest BCUT2D eigenvalue weighted by Gasteiger charge is 2.52. The first-order chi connectivity index (χ1) is 34.7. The number of anilines is 2. The van der Waals surface area contributed by atoms with E-state index in [4.69, 9.17) is 42.2 Å². The van der Waals surface area contributed by atoms with Crippen LogP contribution in [0, 0.1) is 3.57 Å². The van der Waals surface area contributed by atoms with E-state index >= 15 is 0 Å². The molecular formula is C57H73B2IN6O8S2. The van der Waals surface area contributed by atoms with Gasteiger partial charge >= 0.3 is 14.8 Å². The third kappa shape index (κ3) is 14.3. The molecule has 0 atom stereocenters. The minimum atomic E-state index is -0.572. The third-order valence-corrected chi connectivity index (χ3v) is 15.5. The van der Waals surface area contributed by atoms with Crippen molar-refractivity contribution in [3.8, 4) is 22.3 Å².